The number of rotatable bonds is 6. The molecular weight excluding hydrogens is 249 g/mol. The lowest BCUT2D eigenvalue weighted by Gasteiger charge is -2.13. The van der Waals surface area contributed by atoms with E-state index in [2.05, 4.69) is 4.98 Å². The zero-order valence-corrected chi connectivity index (χ0v) is 10.9. The number of aromatic nitrogens is 1. The Hall–Kier alpha value is -0.350. The van der Waals surface area contributed by atoms with Crippen LogP contribution in [0.4, 0.5) is 0 Å². The van der Waals surface area contributed by atoms with Gasteiger partial charge in [-0.3, -0.25) is 0 Å². The van der Waals surface area contributed by atoms with Gasteiger partial charge in [0.25, 0.3) is 0 Å². The van der Waals surface area contributed by atoms with Gasteiger partial charge in [0.15, 0.2) is 0 Å². The van der Waals surface area contributed by atoms with Crippen LogP contribution >= 0.6 is 23.2 Å². The normalized spacial score (nSPS) is 12.8. The van der Waals surface area contributed by atoms with Gasteiger partial charge in [0.05, 0.1) is 30.0 Å². The Morgan fingerprint density at radius 3 is 2.81 bits per heavy atom. The van der Waals surface area contributed by atoms with Crippen LogP contribution in [0.5, 0.6) is 0 Å². The van der Waals surface area contributed by atoms with Gasteiger partial charge in [-0.2, -0.15) is 0 Å². The third-order valence-electron chi connectivity index (χ3n) is 1.95. The molecule has 0 saturated heterocycles. The highest BCUT2D eigenvalue weighted by Gasteiger charge is 2.07. The highest BCUT2D eigenvalue weighted by atomic mass is 35.5. The van der Waals surface area contributed by atoms with Crippen molar-refractivity contribution in [2.75, 3.05) is 13.2 Å². The Kier molecular flexibility index (Phi) is 6.06. The maximum absolute atomic E-state index is 5.95. The zero-order valence-electron chi connectivity index (χ0n) is 9.37. The summed E-state index contributed by atoms with van der Waals surface area (Å²) in [5, 5.41) is 0.980. The number of hydrogen-bond donors (Lipinski definition) is 0. The topological polar surface area (TPSA) is 31.4 Å². The van der Waals surface area contributed by atoms with Gasteiger partial charge >= 0.3 is 0 Å². The number of ether oxygens (including phenoxy) is 2. The van der Waals surface area contributed by atoms with Crippen molar-refractivity contribution in [1.82, 2.24) is 4.98 Å². The Bertz CT molecular complexity index is 334. The van der Waals surface area contributed by atoms with Gasteiger partial charge in [-0.25, -0.2) is 4.98 Å². The molecule has 1 aromatic heterocycles. The molecule has 0 bridgehead atoms. The standard InChI is InChI=1S/C11H15Cl2NO2/c1-3-15-6-8(2)16-7-10-9(12)4-5-11(13)14-10/h4-5,8H,3,6-7H2,1-2H3. The van der Waals surface area contributed by atoms with E-state index in [1.165, 1.54) is 0 Å². The molecule has 0 aliphatic carbocycles. The van der Waals surface area contributed by atoms with Crippen LogP contribution in [-0.2, 0) is 16.1 Å². The van der Waals surface area contributed by atoms with Crippen LogP contribution in [0, 0.1) is 0 Å². The Morgan fingerprint density at radius 2 is 2.12 bits per heavy atom. The summed E-state index contributed by atoms with van der Waals surface area (Å²) in [7, 11) is 0. The minimum Gasteiger partial charge on any atom is -0.379 e. The fourth-order valence-electron chi connectivity index (χ4n) is 1.11. The summed E-state index contributed by atoms with van der Waals surface area (Å²) in [6, 6.07) is 3.36. The number of nitrogens with zero attached hydrogens (tertiary/aromatic N) is 1. The summed E-state index contributed by atoms with van der Waals surface area (Å²) in [6.45, 7) is 5.47. The smallest absolute Gasteiger partial charge is 0.129 e. The molecule has 1 aromatic rings. The molecule has 0 radical (unpaired) electrons. The summed E-state index contributed by atoms with van der Waals surface area (Å²) in [5.74, 6) is 0. The van der Waals surface area contributed by atoms with E-state index in [-0.39, 0.29) is 6.10 Å². The van der Waals surface area contributed by atoms with Gasteiger partial charge < -0.3 is 9.47 Å². The van der Waals surface area contributed by atoms with E-state index in [0.29, 0.717) is 35.7 Å². The molecular formula is C11H15Cl2NO2. The van der Waals surface area contributed by atoms with Crippen molar-refractivity contribution in [3.8, 4) is 0 Å². The van der Waals surface area contributed by atoms with E-state index < -0.39 is 0 Å². The molecule has 16 heavy (non-hydrogen) atoms. The molecule has 3 nitrogen and oxygen atoms in total. The molecule has 1 atom stereocenters. The first kappa shape index (κ1) is 13.7. The summed E-state index contributed by atoms with van der Waals surface area (Å²) >= 11 is 11.7. The number of pyridine rings is 1. The highest BCUT2D eigenvalue weighted by molar-refractivity contribution is 6.32. The van der Waals surface area contributed by atoms with Crippen molar-refractivity contribution >= 4 is 23.2 Å². The molecule has 0 N–H and O–H groups in total. The Morgan fingerprint density at radius 1 is 1.38 bits per heavy atom. The van der Waals surface area contributed by atoms with Crippen molar-refractivity contribution in [1.29, 1.82) is 0 Å². The maximum Gasteiger partial charge on any atom is 0.129 e. The molecule has 0 saturated carbocycles. The minimum absolute atomic E-state index is 0.0109. The quantitative estimate of drug-likeness (QED) is 0.738. The Balaban J connectivity index is 2.44. The molecule has 0 spiro atoms. The van der Waals surface area contributed by atoms with Crippen LogP contribution in [0.2, 0.25) is 10.2 Å². The predicted molar refractivity (Wildman–Crippen MR) is 65.0 cm³/mol. The van der Waals surface area contributed by atoms with E-state index in [0.717, 1.165) is 0 Å². The molecule has 0 fully saturated rings. The van der Waals surface area contributed by atoms with Crippen LogP contribution in [0.1, 0.15) is 19.5 Å². The van der Waals surface area contributed by atoms with Gasteiger partial charge in [0.2, 0.25) is 0 Å². The number of halogens is 2. The zero-order chi connectivity index (χ0) is 12.0. The number of hydrogen-bond acceptors (Lipinski definition) is 3. The summed E-state index contributed by atoms with van der Waals surface area (Å²) < 4.78 is 10.8. The van der Waals surface area contributed by atoms with Crippen LogP contribution in [0.25, 0.3) is 0 Å². The molecule has 1 unspecified atom stereocenters. The SMILES string of the molecule is CCOCC(C)OCc1nc(Cl)ccc1Cl. The van der Waals surface area contributed by atoms with Crippen LogP contribution < -0.4 is 0 Å². The van der Waals surface area contributed by atoms with Gasteiger partial charge in [0.1, 0.15) is 5.15 Å². The first-order chi connectivity index (χ1) is 7.63. The largest absolute Gasteiger partial charge is 0.379 e. The van der Waals surface area contributed by atoms with Crippen molar-refractivity contribution in [2.24, 2.45) is 0 Å². The van der Waals surface area contributed by atoms with Gasteiger partial charge in [-0.05, 0) is 26.0 Å². The summed E-state index contributed by atoms with van der Waals surface area (Å²) in [6.07, 6.45) is 0.0109. The minimum atomic E-state index is 0.0109. The third-order valence-corrected chi connectivity index (χ3v) is 2.50. The lowest BCUT2D eigenvalue weighted by molar-refractivity contribution is -0.0127. The van der Waals surface area contributed by atoms with Gasteiger partial charge in [0, 0.05) is 6.61 Å². The first-order valence-electron chi connectivity index (χ1n) is 5.13. The summed E-state index contributed by atoms with van der Waals surface area (Å²) in [5.41, 5.74) is 0.650. The Labute approximate surface area is 106 Å². The van der Waals surface area contributed by atoms with E-state index in [9.17, 15) is 0 Å². The van der Waals surface area contributed by atoms with Gasteiger partial charge in [-0.1, -0.05) is 23.2 Å². The van der Waals surface area contributed by atoms with Crippen molar-refractivity contribution in [2.45, 2.75) is 26.6 Å². The predicted octanol–water partition coefficient (Wildman–Crippen LogP) is 3.33. The van der Waals surface area contributed by atoms with Crippen LogP contribution in [0.15, 0.2) is 12.1 Å². The monoisotopic (exact) mass is 263 g/mol. The second-order valence-corrected chi connectivity index (χ2v) is 4.14. The molecule has 0 amide bonds. The second-order valence-electron chi connectivity index (χ2n) is 3.34. The van der Waals surface area contributed by atoms with Crippen LogP contribution in [0.3, 0.4) is 0 Å². The molecule has 0 aliphatic rings. The highest BCUT2D eigenvalue weighted by Crippen LogP contribution is 2.17. The van der Waals surface area contributed by atoms with Crippen molar-refractivity contribution < 1.29 is 9.47 Å². The average molecular weight is 264 g/mol. The van der Waals surface area contributed by atoms with Crippen LogP contribution in [-0.4, -0.2) is 24.3 Å². The van der Waals surface area contributed by atoms with E-state index in [4.69, 9.17) is 32.7 Å². The van der Waals surface area contributed by atoms with E-state index in [1.54, 1.807) is 12.1 Å². The lowest BCUT2D eigenvalue weighted by atomic mass is 10.3. The van der Waals surface area contributed by atoms with Crippen molar-refractivity contribution in [3.63, 3.8) is 0 Å². The summed E-state index contributed by atoms with van der Waals surface area (Å²) in [4.78, 5) is 4.09. The maximum atomic E-state index is 5.95. The molecule has 1 rings (SSSR count). The van der Waals surface area contributed by atoms with Gasteiger partial charge in [-0.15, -0.1) is 0 Å². The first-order valence-corrected chi connectivity index (χ1v) is 5.89. The fourth-order valence-corrected chi connectivity index (χ4v) is 1.44. The molecule has 0 aromatic carbocycles. The molecule has 5 heteroatoms. The lowest BCUT2D eigenvalue weighted by Crippen LogP contribution is -2.16. The fraction of sp³-hybridized carbons (Fsp3) is 0.545. The average Bonchev–Trinajstić information content (AvgIpc) is 2.27. The molecule has 90 valence electrons. The van der Waals surface area contributed by atoms with E-state index >= 15 is 0 Å². The second kappa shape index (κ2) is 7.07. The molecule has 1 heterocycles. The van der Waals surface area contributed by atoms with Crippen molar-refractivity contribution in [3.05, 3.63) is 28.0 Å². The molecule has 0 aliphatic heterocycles. The van der Waals surface area contributed by atoms with E-state index in [1.807, 2.05) is 13.8 Å². The third kappa shape index (κ3) is 4.66.